The summed E-state index contributed by atoms with van der Waals surface area (Å²) in [5, 5.41) is 0.454. The number of halogens is 2. The number of esters is 3. The molecule has 2 atom stereocenters. The number of benzene rings is 1. The van der Waals surface area contributed by atoms with E-state index in [4.69, 9.17) is 37.4 Å². The lowest BCUT2D eigenvalue weighted by Crippen LogP contribution is -2.37. The molecule has 0 aliphatic carbocycles. The smallest absolute Gasteiger partial charge is 0.384 e. The number of nitrogens with zero attached hydrogens (tertiary/aromatic N) is 1. The molecular formula is C23H23Cl2NO7. The number of methoxy groups -OCH3 is 2. The minimum absolute atomic E-state index is 0.0999. The highest BCUT2D eigenvalue weighted by atomic mass is 35.5. The second kappa shape index (κ2) is 12.4. The summed E-state index contributed by atoms with van der Waals surface area (Å²) < 4.78 is 20.2. The summed E-state index contributed by atoms with van der Waals surface area (Å²) in [6, 6.07) is 4.94. The van der Waals surface area contributed by atoms with Gasteiger partial charge in [-0.2, -0.15) is 0 Å². The molecule has 2 rings (SSSR count). The van der Waals surface area contributed by atoms with Gasteiger partial charge in [-0.1, -0.05) is 41.3 Å². The predicted molar refractivity (Wildman–Crippen MR) is 122 cm³/mol. The summed E-state index contributed by atoms with van der Waals surface area (Å²) in [6.07, 6.45) is 0. The monoisotopic (exact) mass is 495 g/mol. The number of carbonyl (C=O) groups excluding carboxylic acids is 3. The van der Waals surface area contributed by atoms with Crippen molar-refractivity contribution < 1.29 is 33.3 Å². The lowest BCUT2D eigenvalue weighted by Gasteiger charge is -2.32. The molecule has 0 spiro atoms. The molecule has 0 fully saturated rings. The van der Waals surface area contributed by atoms with Crippen LogP contribution in [0.25, 0.3) is 0 Å². The van der Waals surface area contributed by atoms with Gasteiger partial charge in [0.05, 0.1) is 48.7 Å². The summed E-state index contributed by atoms with van der Waals surface area (Å²) in [5.41, 5.74) is 1.19. The Labute approximate surface area is 201 Å². The van der Waals surface area contributed by atoms with E-state index in [0.717, 1.165) is 0 Å². The highest BCUT2D eigenvalue weighted by molar-refractivity contribution is 6.42. The number of aliphatic imine (C=N–C) groups is 1. The van der Waals surface area contributed by atoms with Crippen LogP contribution in [0.1, 0.15) is 25.3 Å². The Bertz CT molecular complexity index is 1050. The summed E-state index contributed by atoms with van der Waals surface area (Å²) >= 11 is 12.7. The molecule has 0 bridgehead atoms. The third-order valence-corrected chi connectivity index (χ3v) is 5.61. The second-order valence-corrected chi connectivity index (χ2v) is 7.53. The van der Waals surface area contributed by atoms with Gasteiger partial charge in [0.15, 0.2) is 0 Å². The molecule has 176 valence electrons. The van der Waals surface area contributed by atoms with E-state index >= 15 is 0 Å². The summed E-state index contributed by atoms with van der Waals surface area (Å²) in [7, 11) is 2.46. The van der Waals surface area contributed by atoms with Gasteiger partial charge in [-0.25, -0.2) is 9.59 Å². The summed E-state index contributed by atoms with van der Waals surface area (Å²) in [5.74, 6) is 0.958. The van der Waals surface area contributed by atoms with Gasteiger partial charge in [-0.15, -0.1) is 0 Å². The van der Waals surface area contributed by atoms with Crippen LogP contribution in [-0.4, -0.2) is 57.7 Å². The van der Waals surface area contributed by atoms with E-state index in [9.17, 15) is 14.4 Å². The molecule has 0 saturated heterocycles. The van der Waals surface area contributed by atoms with Crippen LogP contribution in [0.5, 0.6) is 0 Å². The van der Waals surface area contributed by atoms with Gasteiger partial charge in [0.1, 0.15) is 12.5 Å². The maximum absolute atomic E-state index is 13.0. The van der Waals surface area contributed by atoms with Crippen LogP contribution in [0, 0.1) is 17.8 Å². The first-order valence-electron chi connectivity index (χ1n) is 9.88. The average Bonchev–Trinajstić information content (AvgIpc) is 2.79. The molecule has 8 nitrogen and oxygen atoms in total. The van der Waals surface area contributed by atoms with Gasteiger partial charge in [0.25, 0.3) is 0 Å². The third kappa shape index (κ3) is 6.35. The van der Waals surface area contributed by atoms with Crippen molar-refractivity contribution in [2.45, 2.75) is 19.8 Å². The molecule has 0 N–H and O–H groups in total. The largest absolute Gasteiger partial charge is 0.468 e. The Morgan fingerprint density at radius 2 is 1.88 bits per heavy atom. The zero-order valence-corrected chi connectivity index (χ0v) is 20.1. The molecule has 33 heavy (non-hydrogen) atoms. The fourth-order valence-electron chi connectivity index (χ4n) is 3.38. The van der Waals surface area contributed by atoms with E-state index in [1.807, 2.05) is 0 Å². The molecule has 1 aliphatic heterocycles. The van der Waals surface area contributed by atoms with Crippen LogP contribution in [0.15, 0.2) is 34.5 Å². The Kier molecular flexibility index (Phi) is 9.92. The first kappa shape index (κ1) is 26.4. The van der Waals surface area contributed by atoms with Gasteiger partial charge in [0.2, 0.25) is 0 Å². The molecule has 1 heterocycles. The van der Waals surface area contributed by atoms with E-state index in [2.05, 4.69) is 21.6 Å². The molecule has 1 aromatic rings. The van der Waals surface area contributed by atoms with Crippen molar-refractivity contribution in [2.24, 2.45) is 10.9 Å². The van der Waals surface area contributed by atoms with Crippen LogP contribution in [-0.2, 0) is 33.3 Å². The molecule has 10 heteroatoms. The minimum atomic E-state index is -0.937. The zero-order chi connectivity index (χ0) is 24.5. The van der Waals surface area contributed by atoms with Crippen LogP contribution >= 0.6 is 23.2 Å². The predicted octanol–water partition coefficient (Wildman–Crippen LogP) is 3.35. The molecule has 0 saturated carbocycles. The number of ether oxygens (including phenoxy) is 4. The number of hydrogen-bond acceptors (Lipinski definition) is 8. The highest BCUT2D eigenvalue weighted by Gasteiger charge is 2.44. The van der Waals surface area contributed by atoms with E-state index in [0.29, 0.717) is 11.3 Å². The number of hydrogen-bond donors (Lipinski definition) is 0. The summed E-state index contributed by atoms with van der Waals surface area (Å²) in [6.45, 7) is 3.15. The molecular weight excluding hydrogens is 473 g/mol. The third-order valence-electron chi connectivity index (χ3n) is 4.77. The molecule has 1 aromatic carbocycles. The van der Waals surface area contributed by atoms with Gasteiger partial charge in [0, 0.05) is 17.6 Å². The highest BCUT2D eigenvalue weighted by Crippen LogP contribution is 2.44. The van der Waals surface area contributed by atoms with Gasteiger partial charge >= 0.3 is 17.9 Å². The SMILES string of the molecule is CCOC(=O)C1=C(COCC#CC(=O)OC)N=C(C)C(C(=O)OC)C1c1cccc(Cl)c1Cl. The lowest BCUT2D eigenvalue weighted by molar-refractivity contribution is -0.144. The average molecular weight is 496 g/mol. The van der Waals surface area contributed by atoms with Crippen molar-refractivity contribution in [2.75, 3.05) is 34.0 Å². The van der Waals surface area contributed by atoms with E-state index in [1.165, 1.54) is 14.2 Å². The normalized spacial score (nSPS) is 17.5. The Morgan fingerprint density at radius 1 is 1.15 bits per heavy atom. The van der Waals surface area contributed by atoms with Gasteiger partial charge < -0.3 is 18.9 Å². The van der Waals surface area contributed by atoms with Crippen molar-refractivity contribution in [1.82, 2.24) is 0 Å². The van der Waals surface area contributed by atoms with Crippen LogP contribution in [0.3, 0.4) is 0 Å². The van der Waals surface area contributed by atoms with E-state index in [1.54, 1.807) is 32.0 Å². The molecule has 0 aromatic heterocycles. The van der Waals surface area contributed by atoms with E-state index in [-0.39, 0.29) is 41.1 Å². The maximum atomic E-state index is 13.0. The topological polar surface area (TPSA) is 100 Å². The van der Waals surface area contributed by atoms with Crippen LogP contribution in [0.4, 0.5) is 0 Å². The van der Waals surface area contributed by atoms with E-state index < -0.39 is 29.7 Å². The van der Waals surface area contributed by atoms with Crippen molar-refractivity contribution in [1.29, 1.82) is 0 Å². The summed E-state index contributed by atoms with van der Waals surface area (Å²) in [4.78, 5) is 41.3. The van der Waals surface area contributed by atoms with Gasteiger partial charge in [-0.3, -0.25) is 9.79 Å². The molecule has 0 amide bonds. The lowest BCUT2D eigenvalue weighted by atomic mass is 9.75. The fourth-order valence-corrected chi connectivity index (χ4v) is 3.81. The number of rotatable bonds is 7. The van der Waals surface area contributed by atoms with Crippen LogP contribution in [0.2, 0.25) is 10.0 Å². The van der Waals surface area contributed by atoms with Crippen molar-refractivity contribution >= 4 is 46.8 Å². The second-order valence-electron chi connectivity index (χ2n) is 6.74. The molecule has 2 unspecified atom stereocenters. The quantitative estimate of drug-likeness (QED) is 0.188. The number of carbonyl (C=O) groups is 3. The zero-order valence-electron chi connectivity index (χ0n) is 18.6. The van der Waals surface area contributed by atoms with Crippen molar-refractivity contribution in [3.8, 4) is 11.8 Å². The standard InChI is InChI=1S/C23H23Cl2NO7/c1-5-33-23(29)20-16(12-32-11-7-10-17(27)30-3)26-13(2)18(22(28)31-4)19(20)14-8-6-9-15(24)21(14)25/h6,8-9,18-19H,5,11-12H2,1-4H3. The minimum Gasteiger partial charge on any atom is -0.468 e. The Morgan fingerprint density at radius 3 is 2.52 bits per heavy atom. The van der Waals surface area contributed by atoms with Gasteiger partial charge in [-0.05, 0) is 25.5 Å². The van der Waals surface area contributed by atoms with Crippen LogP contribution < -0.4 is 0 Å². The Hall–Kier alpha value is -2.86. The van der Waals surface area contributed by atoms with Crippen molar-refractivity contribution in [3.05, 3.63) is 45.1 Å². The maximum Gasteiger partial charge on any atom is 0.384 e. The molecule has 1 aliphatic rings. The molecule has 0 radical (unpaired) electrons. The first-order valence-corrected chi connectivity index (χ1v) is 10.6. The first-order chi connectivity index (χ1) is 15.8. The Balaban J connectivity index is 2.59. The van der Waals surface area contributed by atoms with Crippen molar-refractivity contribution in [3.63, 3.8) is 0 Å². The fraction of sp³-hybridized carbons (Fsp3) is 0.391.